The molecular weight excluding hydrogens is 692 g/mol. The van der Waals surface area contributed by atoms with Crippen LogP contribution in [0.4, 0.5) is 11.5 Å². The fourth-order valence-corrected chi connectivity index (χ4v) is 4.82. The second-order valence-electron chi connectivity index (χ2n) is 10.3. The Morgan fingerprint density at radius 2 is 1.44 bits per heavy atom. The minimum atomic E-state index is -1.65. The van der Waals surface area contributed by atoms with Gasteiger partial charge in [-0.25, -0.2) is 9.98 Å². The van der Waals surface area contributed by atoms with Crippen molar-refractivity contribution in [2.75, 3.05) is 24.8 Å². The third-order valence-electron chi connectivity index (χ3n) is 6.11. The summed E-state index contributed by atoms with van der Waals surface area (Å²) in [6.45, 7) is 6.45. The molecule has 0 bridgehead atoms. The molecule has 1 aliphatic rings. The van der Waals surface area contributed by atoms with Gasteiger partial charge in [0.15, 0.2) is 59.5 Å². The molecule has 0 spiro atoms. The highest BCUT2D eigenvalue weighted by Gasteiger charge is 2.47. The predicted molar refractivity (Wildman–Crippen MR) is 168 cm³/mol. The number of aromatic amines is 1. The van der Waals surface area contributed by atoms with Gasteiger partial charge in [-0.15, -0.1) is 0 Å². The molecule has 0 aliphatic carbocycles. The van der Waals surface area contributed by atoms with Crippen molar-refractivity contribution in [3.8, 4) is 0 Å². The summed E-state index contributed by atoms with van der Waals surface area (Å²) in [5.41, 5.74) is -1.32. The van der Waals surface area contributed by atoms with E-state index in [1.54, 1.807) is 6.26 Å². The molecule has 1 aromatic rings. The zero-order valence-electron chi connectivity index (χ0n) is 28.4. The van der Waals surface area contributed by atoms with E-state index in [0.717, 1.165) is 66.4 Å². The van der Waals surface area contributed by atoms with Gasteiger partial charge in [0.2, 0.25) is 0 Å². The number of esters is 7. The first kappa shape index (κ1) is 41.1. The number of rotatable bonds is 15. The van der Waals surface area contributed by atoms with E-state index in [-0.39, 0.29) is 17.6 Å². The SMILES string of the molecule is CSc1nc(N[C@H]2OC[C@@H](OC(C)=O)[C@H](OC(C)=O)[C@H]2OC(C)=O)c(N=C[C@H](OC(C)=O)[C@@H](OC(C)=O)[C@@H](COC(C)=O)OC(C)=O)c(=O)[nH]1. The maximum absolute atomic E-state index is 13.3. The Balaban J connectivity index is 2.67. The lowest BCUT2D eigenvalue weighted by atomic mass is 10.0. The van der Waals surface area contributed by atoms with E-state index >= 15 is 0 Å². The number of hydrogen-bond acceptors (Lipinski definition) is 20. The fourth-order valence-electron chi connectivity index (χ4n) is 4.44. The van der Waals surface area contributed by atoms with E-state index in [2.05, 4.69) is 20.3 Å². The normalized spacial score (nSPS) is 20.3. The van der Waals surface area contributed by atoms with E-state index in [1.807, 2.05) is 0 Å². The molecule has 1 fully saturated rings. The van der Waals surface area contributed by atoms with Crippen molar-refractivity contribution in [3.05, 3.63) is 10.4 Å². The number of carbonyl (C=O) groups excluding carboxylic acids is 7. The molecule has 2 rings (SSSR count). The molecule has 0 saturated carbocycles. The first-order valence-electron chi connectivity index (χ1n) is 14.7. The van der Waals surface area contributed by atoms with Crippen LogP contribution in [-0.4, -0.2) is 120 Å². The van der Waals surface area contributed by atoms with Crippen LogP contribution >= 0.6 is 11.8 Å². The number of thioether (sulfide) groups is 1. The molecule has 21 heteroatoms. The van der Waals surface area contributed by atoms with Crippen LogP contribution in [-0.2, 0) is 71.5 Å². The number of nitrogens with one attached hydrogen (secondary N) is 2. The van der Waals surface area contributed by atoms with Gasteiger partial charge in [0.05, 0.1) is 6.61 Å². The van der Waals surface area contributed by atoms with Crippen molar-refractivity contribution >= 4 is 71.3 Å². The summed E-state index contributed by atoms with van der Waals surface area (Å²) in [5.74, 6) is -6.10. The first-order chi connectivity index (χ1) is 23.4. The number of aliphatic imine (C=N–C) groups is 1. The minimum absolute atomic E-state index is 0.0799. The van der Waals surface area contributed by atoms with E-state index in [1.165, 1.54) is 0 Å². The number of H-pyrrole nitrogens is 1. The maximum atomic E-state index is 13.3. The predicted octanol–water partition coefficient (Wildman–Crippen LogP) is 0.116. The highest BCUT2D eigenvalue weighted by molar-refractivity contribution is 7.98. The number of nitrogens with zero attached hydrogens (tertiary/aromatic N) is 2. The quantitative estimate of drug-likeness (QED) is 0.0797. The summed E-state index contributed by atoms with van der Waals surface area (Å²) in [4.78, 5) is 108. The van der Waals surface area contributed by atoms with Gasteiger partial charge in [0, 0.05) is 54.7 Å². The monoisotopic (exact) mass is 730 g/mol. The van der Waals surface area contributed by atoms with Gasteiger partial charge in [-0.05, 0) is 6.26 Å². The van der Waals surface area contributed by atoms with Gasteiger partial charge in [-0.2, -0.15) is 0 Å². The molecule has 0 aromatic carbocycles. The summed E-state index contributed by atoms with van der Waals surface area (Å²) in [5, 5.41) is 2.88. The zero-order chi connectivity index (χ0) is 37.7. The number of carbonyl (C=O) groups is 7. The molecule has 276 valence electrons. The highest BCUT2D eigenvalue weighted by Crippen LogP contribution is 2.29. The van der Waals surface area contributed by atoms with Crippen molar-refractivity contribution in [1.82, 2.24) is 9.97 Å². The topological polar surface area (TPSA) is 263 Å². The van der Waals surface area contributed by atoms with Crippen LogP contribution in [0.25, 0.3) is 0 Å². The van der Waals surface area contributed by atoms with Crippen molar-refractivity contribution in [3.63, 3.8) is 0 Å². The third kappa shape index (κ3) is 13.1. The van der Waals surface area contributed by atoms with Gasteiger partial charge in [-0.1, -0.05) is 11.8 Å². The van der Waals surface area contributed by atoms with Crippen molar-refractivity contribution in [2.24, 2.45) is 4.99 Å². The van der Waals surface area contributed by atoms with Gasteiger partial charge < -0.3 is 43.2 Å². The molecule has 1 saturated heterocycles. The third-order valence-corrected chi connectivity index (χ3v) is 6.69. The van der Waals surface area contributed by atoms with Crippen LogP contribution < -0.4 is 10.9 Å². The Hall–Kier alpha value is -5.05. The van der Waals surface area contributed by atoms with Crippen LogP contribution in [0.2, 0.25) is 0 Å². The van der Waals surface area contributed by atoms with Gasteiger partial charge in [0.1, 0.15) is 6.61 Å². The molecular formula is C29H38N4O16S. The molecule has 1 aromatic heterocycles. The van der Waals surface area contributed by atoms with Gasteiger partial charge >= 0.3 is 41.8 Å². The molecule has 2 N–H and O–H groups in total. The Labute approximate surface area is 289 Å². The smallest absolute Gasteiger partial charge is 0.303 e. The van der Waals surface area contributed by atoms with Crippen LogP contribution in [0.5, 0.6) is 0 Å². The van der Waals surface area contributed by atoms with Crippen LogP contribution in [0, 0.1) is 0 Å². The molecule has 50 heavy (non-hydrogen) atoms. The summed E-state index contributed by atoms with van der Waals surface area (Å²) in [6.07, 6.45) is -7.72. The number of hydrogen-bond donors (Lipinski definition) is 2. The molecule has 0 radical (unpaired) electrons. The molecule has 7 atom stereocenters. The largest absolute Gasteiger partial charge is 0.462 e. The van der Waals surface area contributed by atoms with E-state index in [0.29, 0.717) is 0 Å². The van der Waals surface area contributed by atoms with E-state index in [9.17, 15) is 38.4 Å². The van der Waals surface area contributed by atoms with E-state index < -0.39 is 102 Å². The fraction of sp³-hybridized carbons (Fsp3) is 0.586. The Morgan fingerprint density at radius 3 is 1.96 bits per heavy atom. The van der Waals surface area contributed by atoms with Crippen LogP contribution in [0.3, 0.4) is 0 Å². The molecule has 1 aliphatic heterocycles. The zero-order valence-corrected chi connectivity index (χ0v) is 29.2. The van der Waals surface area contributed by atoms with Gasteiger partial charge in [-0.3, -0.25) is 43.3 Å². The summed E-state index contributed by atoms with van der Waals surface area (Å²) >= 11 is 1.03. The van der Waals surface area contributed by atoms with Crippen molar-refractivity contribution < 1.29 is 71.5 Å². The lowest BCUT2D eigenvalue weighted by Crippen LogP contribution is -2.59. The molecule has 0 unspecified atom stereocenters. The summed E-state index contributed by atoms with van der Waals surface area (Å²) in [7, 11) is 0. The number of ether oxygens (including phenoxy) is 8. The second kappa shape index (κ2) is 19.2. The maximum Gasteiger partial charge on any atom is 0.303 e. The lowest BCUT2D eigenvalue weighted by Gasteiger charge is -2.40. The lowest BCUT2D eigenvalue weighted by molar-refractivity contribution is -0.221. The molecule has 2 heterocycles. The van der Waals surface area contributed by atoms with Crippen molar-refractivity contribution in [1.29, 1.82) is 0 Å². The molecule has 0 amide bonds. The Bertz CT molecular complexity index is 1530. The summed E-state index contributed by atoms with van der Waals surface area (Å²) < 4.78 is 42.5. The highest BCUT2D eigenvalue weighted by atomic mass is 32.2. The van der Waals surface area contributed by atoms with Crippen LogP contribution in [0.15, 0.2) is 14.9 Å². The average Bonchev–Trinajstić information content (AvgIpc) is 2.98. The standard InChI is InChI=1S/C29H38N4O16S/c1-12(34)42-10-20(45-14(3)36)23(47-16(5)38)19(44-13(2)35)9-30-22-26(32-29(50-8)33-27(22)41)31-28-25(49-18(7)40)24(48-17(6)39)21(11-43-28)46-15(4)37/h9,19-21,23-25,28H,10-11H2,1-8H3,(H2,31,32,33,41)/t19-,20+,21+,23+,24-,25+,28-/m0/s1. The van der Waals surface area contributed by atoms with Crippen molar-refractivity contribution in [2.45, 2.75) is 96.5 Å². The van der Waals surface area contributed by atoms with E-state index in [4.69, 9.17) is 37.9 Å². The Morgan fingerprint density at radius 1 is 0.860 bits per heavy atom. The summed E-state index contributed by atoms with van der Waals surface area (Å²) in [6, 6.07) is 0. The van der Waals surface area contributed by atoms with Crippen LogP contribution in [0.1, 0.15) is 48.5 Å². The first-order valence-corrected chi connectivity index (χ1v) is 15.9. The second-order valence-corrected chi connectivity index (χ2v) is 11.1. The minimum Gasteiger partial charge on any atom is -0.462 e. The molecule has 20 nitrogen and oxygen atoms in total. The Kier molecular flexibility index (Phi) is 15.8. The number of aromatic nitrogens is 2. The average molecular weight is 731 g/mol. The van der Waals surface area contributed by atoms with Gasteiger partial charge in [0.25, 0.3) is 5.56 Å². The number of anilines is 1.